The van der Waals surface area contributed by atoms with E-state index in [1.54, 1.807) is 6.07 Å². The molecule has 0 saturated heterocycles. The van der Waals surface area contributed by atoms with Gasteiger partial charge in [0.25, 0.3) is 0 Å². The number of H-pyrrole nitrogens is 1. The number of nitrogens with one attached hydrogen (secondary N) is 1. The Bertz CT molecular complexity index is 969. The van der Waals surface area contributed by atoms with Crippen molar-refractivity contribution in [3.05, 3.63) is 66.2 Å². The van der Waals surface area contributed by atoms with Crippen LogP contribution in [0.1, 0.15) is 10.4 Å². The molecule has 0 aliphatic heterocycles. The third-order valence-corrected chi connectivity index (χ3v) is 3.66. The predicted molar refractivity (Wildman–Crippen MR) is 84.4 cm³/mol. The SMILES string of the molecule is O=Cc1ccc2nc(-c3ccc4ccccc4c3)[nH]c2c1. The Morgan fingerprint density at radius 1 is 0.905 bits per heavy atom. The minimum absolute atomic E-state index is 0.649. The molecule has 100 valence electrons. The van der Waals surface area contributed by atoms with E-state index in [9.17, 15) is 4.79 Å². The fraction of sp³-hybridized carbons (Fsp3) is 0. The number of aldehydes is 1. The lowest BCUT2D eigenvalue weighted by atomic mass is 10.1. The first-order valence-electron chi connectivity index (χ1n) is 6.78. The fourth-order valence-corrected chi connectivity index (χ4v) is 2.57. The fourth-order valence-electron chi connectivity index (χ4n) is 2.57. The minimum atomic E-state index is 0.649. The molecule has 0 fully saturated rings. The Morgan fingerprint density at radius 2 is 1.76 bits per heavy atom. The number of hydrogen-bond donors (Lipinski definition) is 1. The van der Waals surface area contributed by atoms with Crippen molar-refractivity contribution in [3.8, 4) is 11.4 Å². The highest BCUT2D eigenvalue weighted by atomic mass is 16.1. The van der Waals surface area contributed by atoms with E-state index in [1.807, 2.05) is 24.3 Å². The normalized spacial score (nSPS) is 11.0. The highest BCUT2D eigenvalue weighted by Gasteiger charge is 2.06. The van der Waals surface area contributed by atoms with Crippen molar-refractivity contribution in [2.24, 2.45) is 0 Å². The average molecular weight is 272 g/mol. The molecule has 0 amide bonds. The zero-order valence-corrected chi connectivity index (χ0v) is 11.2. The number of rotatable bonds is 2. The van der Waals surface area contributed by atoms with E-state index in [0.29, 0.717) is 5.56 Å². The van der Waals surface area contributed by atoms with Crippen LogP contribution in [0.4, 0.5) is 0 Å². The lowest BCUT2D eigenvalue weighted by molar-refractivity contribution is 0.112. The van der Waals surface area contributed by atoms with Gasteiger partial charge in [-0.1, -0.05) is 36.4 Å². The van der Waals surface area contributed by atoms with E-state index in [-0.39, 0.29) is 0 Å². The highest BCUT2D eigenvalue weighted by molar-refractivity contribution is 5.89. The largest absolute Gasteiger partial charge is 0.338 e. The van der Waals surface area contributed by atoms with Gasteiger partial charge in [-0.3, -0.25) is 4.79 Å². The summed E-state index contributed by atoms with van der Waals surface area (Å²) in [4.78, 5) is 18.7. The van der Waals surface area contributed by atoms with Crippen molar-refractivity contribution in [1.82, 2.24) is 9.97 Å². The van der Waals surface area contributed by atoms with Gasteiger partial charge < -0.3 is 4.98 Å². The second kappa shape index (κ2) is 4.56. The van der Waals surface area contributed by atoms with Crippen LogP contribution in [0, 0.1) is 0 Å². The number of carbonyl (C=O) groups is 1. The molecule has 21 heavy (non-hydrogen) atoms. The molecule has 3 heteroatoms. The van der Waals surface area contributed by atoms with Gasteiger partial charge in [0.05, 0.1) is 11.0 Å². The number of imidazole rings is 1. The van der Waals surface area contributed by atoms with E-state index in [1.165, 1.54) is 10.8 Å². The quantitative estimate of drug-likeness (QED) is 0.556. The van der Waals surface area contributed by atoms with Crippen LogP contribution in [0.3, 0.4) is 0 Å². The molecule has 0 aliphatic rings. The maximum atomic E-state index is 10.8. The first-order chi connectivity index (χ1) is 10.3. The van der Waals surface area contributed by atoms with Crippen molar-refractivity contribution in [2.45, 2.75) is 0 Å². The Balaban J connectivity index is 1.89. The van der Waals surface area contributed by atoms with Crippen molar-refractivity contribution in [2.75, 3.05) is 0 Å². The van der Waals surface area contributed by atoms with Gasteiger partial charge >= 0.3 is 0 Å². The van der Waals surface area contributed by atoms with Crippen molar-refractivity contribution < 1.29 is 4.79 Å². The number of fused-ring (bicyclic) bond motifs is 2. The molecule has 0 unspecified atom stereocenters. The molecular weight excluding hydrogens is 260 g/mol. The maximum absolute atomic E-state index is 10.8. The monoisotopic (exact) mass is 272 g/mol. The molecule has 4 rings (SSSR count). The summed E-state index contributed by atoms with van der Waals surface area (Å²) in [6.45, 7) is 0. The Labute approximate surface area is 121 Å². The van der Waals surface area contributed by atoms with Crippen LogP contribution in [0.25, 0.3) is 33.2 Å². The molecule has 1 N–H and O–H groups in total. The Morgan fingerprint density at radius 3 is 2.62 bits per heavy atom. The zero-order valence-electron chi connectivity index (χ0n) is 11.2. The predicted octanol–water partition coefficient (Wildman–Crippen LogP) is 4.20. The van der Waals surface area contributed by atoms with Gasteiger partial charge in [-0.2, -0.15) is 0 Å². The number of benzene rings is 3. The average Bonchev–Trinajstić information content (AvgIpc) is 2.97. The third kappa shape index (κ3) is 1.99. The van der Waals surface area contributed by atoms with Gasteiger partial charge in [-0.25, -0.2) is 4.98 Å². The zero-order chi connectivity index (χ0) is 14.2. The second-order valence-electron chi connectivity index (χ2n) is 5.04. The van der Waals surface area contributed by atoms with Gasteiger partial charge in [0, 0.05) is 11.1 Å². The summed E-state index contributed by atoms with van der Waals surface area (Å²) in [5.74, 6) is 0.818. The topological polar surface area (TPSA) is 45.8 Å². The second-order valence-corrected chi connectivity index (χ2v) is 5.04. The summed E-state index contributed by atoms with van der Waals surface area (Å²) >= 11 is 0. The maximum Gasteiger partial charge on any atom is 0.150 e. The van der Waals surface area contributed by atoms with Crippen LogP contribution in [0.15, 0.2) is 60.7 Å². The smallest absolute Gasteiger partial charge is 0.150 e. The summed E-state index contributed by atoms with van der Waals surface area (Å²) in [5, 5.41) is 2.39. The Hall–Kier alpha value is -2.94. The molecule has 3 nitrogen and oxygen atoms in total. The molecule has 0 saturated carbocycles. The van der Waals surface area contributed by atoms with Crippen molar-refractivity contribution >= 4 is 28.1 Å². The van der Waals surface area contributed by atoms with Gasteiger partial charge in [0.15, 0.2) is 0 Å². The molecule has 0 radical (unpaired) electrons. The molecule has 4 aromatic rings. The molecule has 3 aromatic carbocycles. The first kappa shape index (κ1) is 11.9. The van der Waals surface area contributed by atoms with E-state index in [0.717, 1.165) is 28.7 Å². The van der Waals surface area contributed by atoms with Gasteiger partial charge in [-0.05, 0) is 35.0 Å². The van der Waals surface area contributed by atoms with Crippen LogP contribution in [-0.4, -0.2) is 16.3 Å². The standard InChI is InChI=1S/C18H12N2O/c21-11-12-5-8-16-17(9-12)20-18(19-16)15-7-6-13-3-1-2-4-14(13)10-15/h1-11H,(H,19,20). The van der Waals surface area contributed by atoms with Gasteiger partial charge in [0.2, 0.25) is 0 Å². The summed E-state index contributed by atoms with van der Waals surface area (Å²) in [7, 11) is 0. The number of aromatic amines is 1. The summed E-state index contributed by atoms with van der Waals surface area (Å²) in [5.41, 5.74) is 3.43. The molecule has 0 bridgehead atoms. The lowest BCUT2D eigenvalue weighted by Gasteiger charge is -2.00. The van der Waals surface area contributed by atoms with Crippen LogP contribution in [0.2, 0.25) is 0 Å². The van der Waals surface area contributed by atoms with Gasteiger partial charge in [0.1, 0.15) is 12.1 Å². The van der Waals surface area contributed by atoms with Crippen LogP contribution < -0.4 is 0 Å². The van der Waals surface area contributed by atoms with Crippen molar-refractivity contribution in [3.63, 3.8) is 0 Å². The molecular formula is C18H12N2O. The van der Waals surface area contributed by atoms with E-state index < -0.39 is 0 Å². The highest BCUT2D eigenvalue weighted by Crippen LogP contribution is 2.24. The lowest BCUT2D eigenvalue weighted by Crippen LogP contribution is -1.81. The van der Waals surface area contributed by atoms with E-state index >= 15 is 0 Å². The Kier molecular flexibility index (Phi) is 2.57. The molecule has 0 spiro atoms. The van der Waals surface area contributed by atoms with Crippen LogP contribution in [0.5, 0.6) is 0 Å². The number of hydrogen-bond acceptors (Lipinski definition) is 2. The summed E-state index contributed by atoms with van der Waals surface area (Å²) in [6, 6.07) is 20.0. The summed E-state index contributed by atoms with van der Waals surface area (Å²) < 4.78 is 0. The van der Waals surface area contributed by atoms with Gasteiger partial charge in [-0.15, -0.1) is 0 Å². The van der Waals surface area contributed by atoms with E-state index in [2.05, 4.69) is 40.3 Å². The minimum Gasteiger partial charge on any atom is -0.338 e. The van der Waals surface area contributed by atoms with E-state index in [4.69, 9.17) is 0 Å². The molecule has 1 aromatic heterocycles. The number of carbonyl (C=O) groups excluding carboxylic acids is 1. The van der Waals surface area contributed by atoms with Crippen LogP contribution >= 0.6 is 0 Å². The molecule has 1 heterocycles. The van der Waals surface area contributed by atoms with Crippen LogP contribution in [-0.2, 0) is 0 Å². The van der Waals surface area contributed by atoms with Crippen molar-refractivity contribution in [1.29, 1.82) is 0 Å². The number of nitrogens with zero attached hydrogens (tertiary/aromatic N) is 1. The third-order valence-electron chi connectivity index (χ3n) is 3.66. The first-order valence-corrected chi connectivity index (χ1v) is 6.78. The molecule has 0 atom stereocenters. The number of aromatic nitrogens is 2. The summed E-state index contributed by atoms with van der Waals surface area (Å²) in [6.07, 6.45) is 0.843. The molecule has 0 aliphatic carbocycles.